The number of urea groups is 1. The fraction of sp³-hybridized carbons (Fsp3) is 0.655. The minimum absolute atomic E-state index is 0.000951. The van der Waals surface area contributed by atoms with Gasteiger partial charge >= 0.3 is 12.1 Å². The molecule has 3 rings (SSSR count). The van der Waals surface area contributed by atoms with Gasteiger partial charge in [-0.25, -0.2) is 9.59 Å². The lowest BCUT2D eigenvalue weighted by molar-refractivity contribution is -0.386. The third-order valence-corrected chi connectivity index (χ3v) is 9.88. The third kappa shape index (κ3) is 12.5. The van der Waals surface area contributed by atoms with Crippen molar-refractivity contribution in [2.24, 2.45) is 0 Å². The highest BCUT2D eigenvalue weighted by molar-refractivity contribution is 14.1. The van der Waals surface area contributed by atoms with E-state index in [1.54, 1.807) is 19.1 Å². The summed E-state index contributed by atoms with van der Waals surface area (Å²) in [4.78, 5) is 60.6. The van der Waals surface area contributed by atoms with Crippen LogP contribution < -0.4 is 26.6 Å². The van der Waals surface area contributed by atoms with Crippen molar-refractivity contribution in [2.75, 3.05) is 43.4 Å². The number of nitrogens with one attached hydrogen (secondary N) is 5. The van der Waals surface area contributed by atoms with Gasteiger partial charge in [-0.3, -0.25) is 19.7 Å². The normalized spacial score (nSPS) is 19.3. The first-order valence-electron chi connectivity index (χ1n) is 15.3. The molecule has 45 heavy (non-hydrogen) atoms. The first-order valence-corrected chi connectivity index (χ1v) is 17.8. The summed E-state index contributed by atoms with van der Waals surface area (Å²) < 4.78 is 5.82. The van der Waals surface area contributed by atoms with Crippen molar-refractivity contribution in [1.29, 1.82) is 0 Å². The molecule has 2 saturated heterocycles. The van der Waals surface area contributed by atoms with E-state index in [4.69, 9.17) is 4.74 Å². The van der Waals surface area contributed by atoms with Crippen LogP contribution in [-0.4, -0.2) is 94.5 Å². The number of likely N-dealkylation sites (N-methyl/N-ethyl adjacent to an activating group) is 1. The van der Waals surface area contributed by atoms with E-state index < -0.39 is 17.1 Å². The number of unbranched alkanes of at least 4 members (excludes halogenated alkanes) is 2. The summed E-state index contributed by atoms with van der Waals surface area (Å²) in [6.07, 6.45) is 2.97. The number of thioether (sulfide) groups is 1. The van der Waals surface area contributed by atoms with Crippen molar-refractivity contribution in [3.05, 3.63) is 39.4 Å². The molecule has 1 aromatic rings. The number of ether oxygens (including phenoxy) is 1. The number of nitrogens with zero attached hydrogens (tertiary/aromatic N) is 2. The zero-order valence-electron chi connectivity index (χ0n) is 25.8. The van der Waals surface area contributed by atoms with E-state index in [9.17, 15) is 29.3 Å². The molecule has 1 aromatic carbocycles. The fourth-order valence-corrected chi connectivity index (χ4v) is 7.13. The van der Waals surface area contributed by atoms with Gasteiger partial charge < -0.3 is 36.2 Å². The Kier molecular flexibility index (Phi) is 15.4. The molecule has 0 spiro atoms. The van der Waals surface area contributed by atoms with Gasteiger partial charge in [0.25, 0.3) is 5.69 Å². The number of fused-ring (bicyclic) bond motifs is 1. The Bertz CT molecular complexity index is 1190. The van der Waals surface area contributed by atoms with Gasteiger partial charge in [0.2, 0.25) is 11.8 Å². The zero-order valence-corrected chi connectivity index (χ0v) is 28.7. The Labute approximate surface area is 281 Å². The molecule has 2 aliphatic heterocycles. The summed E-state index contributed by atoms with van der Waals surface area (Å²) >= 11 is 3.86. The number of nitro groups is 1. The maximum absolute atomic E-state index is 12.3. The summed E-state index contributed by atoms with van der Waals surface area (Å²) in [7, 11) is 1.90. The maximum Gasteiger partial charge on any atom is 0.407 e. The number of carbonyl (C=O) groups excluding carboxylic acids is 4. The number of carbonyl (C=O) groups is 4. The third-order valence-electron chi connectivity index (χ3n) is 7.68. The highest BCUT2D eigenvalue weighted by Crippen LogP contribution is 2.33. The van der Waals surface area contributed by atoms with Crippen molar-refractivity contribution < 1.29 is 28.8 Å². The fourth-order valence-electron chi connectivity index (χ4n) is 5.31. The molecule has 0 saturated carbocycles. The molecule has 2 aliphatic rings. The molecule has 3 unspecified atom stereocenters. The Hall–Kier alpha value is -2.86. The molecule has 250 valence electrons. The lowest BCUT2D eigenvalue weighted by Gasteiger charge is -2.19. The van der Waals surface area contributed by atoms with Gasteiger partial charge in [-0.05, 0) is 51.3 Å². The number of hydrogen-bond acceptors (Lipinski definition) is 9. The van der Waals surface area contributed by atoms with Gasteiger partial charge in [0.05, 0.1) is 27.0 Å². The van der Waals surface area contributed by atoms with Crippen LogP contribution in [0.1, 0.15) is 62.7 Å². The lowest BCUT2D eigenvalue weighted by Crippen LogP contribution is -2.36. The van der Waals surface area contributed by atoms with Crippen LogP contribution in [0.4, 0.5) is 15.3 Å². The second kappa shape index (κ2) is 19.0. The molecule has 14 nitrogen and oxygen atoms in total. The Morgan fingerprint density at radius 2 is 1.84 bits per heavy atom. The number of nitro benzene ring substituents is 1. The molecule has 0 aromatic heterocycles. The van der Waals surface area contributed by atoms with Crippen LogP contribution in [0, 0.1) is 10.1 Å². The van der Waals surface area contributed by atoms with E-state index in [1.165, 1.54) is 6.07 Å². The molecule has 0 bridgehead atoms. The summed E-state index contributed by atoms with van der Waals surface area (Å²) in [5.41, 5.74) is 0.986. The molecule has 0 aliphatic carbocycles. The van der Waals surface area contributed by atoms with E-state index in [2.05, 4.69) is 26.6 Å². The van der Waals surface area contributed by atoms with Crippen molar-refractivity contribution in [3.63, 3.8) is 0 Å². The van der Waals surface area contributed by atoms with Gasteiger partial charge in [0.15, 0.2) is 0 Å². The smallest absolute Gasteiger partial charge is 0.407 e. The number of halogens is 1. The molecule has 2 heterocycles. The van der Waals surface area contributed by atoms with E-state index in [0.29, 0.717) is 67.2 Å². The topological polar surface area (TPSA) is 184 Å². The minimum atomic E-state index is -0.847. The van der Waals surface area contributed by atoms with Crippen LogP contribution in [-0.2, 0) is 20.9 Å². The van der Waals surface area contributed by atoms with Crippen molar-refractivity contribution in [1.82, 2.24) is 31.5 Å². The second-order valence-electron chi connectivity index (χ2n) is 11.3. The zero-order chi connectivity index (χ0) is 32.8. The SMILES string of the molecule is CC(OC(=O)NCCCCNC(=O)CI)c1cc(CN(C)CCNC(=O)CCCC[C@H]2SCC3NC(=O)NC32)ccc1[N+](=O)[O-]. The number of amides is 5. The number of rotatable bonds is 19. The van der Waals surface area contributed by atoms with Crippen molar-refractivity contribution in [2.45, 2.75) is 75.4 Å². The van der Waals surface area contributed by atoms with Crippen LogP contribution in [0.3, 0.4) is 0 Å². The first kappa shape index (κ1) is 36.6. The Morgan fingerprint density at radius 1 is 1.11 bits per heavy atom. The minimum Gasteiger partial charge on any atom is -0.441 e. The molecule has 0 radical (unpaired) electrons. The lowest BCUT2D eigenvalue weighted by atomic mass is 10.0. The summed E-state index contributed by atoms with van der Waals surface area (Å²) in [6.45, 7) is 4.02. The van der Waals surface area contributed by atoms with Crippen molar-refractivity contribution in [3.8, 4) is 0 Å². The molecule has 2 fully saturated rings. The number of alkyl halides is 1. The van der Waals surface area contributed by atoms with Crippen LogP contribution >= 0.6 is 34.4 Å². The summed E-state index contributed by atoms with van der Waals surface area (Å²) in [5, 5.41) is 26.3. The van der Waals surface area contributed by atoms with Crippen LogP contribution in [0.25, 0.3) is 0 Å². The van der Waals surface area contributed by atoms with E-state index in [0.717, 1.165) is 30.6 Å². The predicted octanol–water partition coefficient (Wildman–Crippen LogP) is 2.99. The molecule has 5 N–H and O–H groups in total. The number of hydrogen-bond donors (Lipinski definition) is 5. The predicted molar refractivity (Wildman–Crippen MR) is 180 cm³/mol. The van der Waals surface area contributed by atoms with Gasteiger partial charge in [0, 0.05) is 56.2 Å². The molecular formula is C29H44IN7O7S. The van der Waals surface area contributed by atoms with Crippen LogP contribution in [0.5, 0.6) is 0 Å². The molecule has 4 atom stereocenters. The van der Waals surface area contributed by atoms with E-state index >= 15 is 0 Å². The maximum atomic E-state index is 12.3. The molecule has 16 heteroatoms. The standard InChI is InChI=1S/C29H44IN7O7S/c1-19(44-29(41)33-12-6-5-11-31-26(39)16-30)21-15-20(9-10-23(21)37(42)43)17-36(2)14-13-32-25(38)8-4-3-7-24-27-22(18-45-24)34-28(40)35-27/h9-10,15,19,22,24,27H,3-8,11-14,16-18H2,1-2H3,(H,31,39)(H,32,38)(H,33,41)(H2,34,35,40)/t19?,22?,24-,27?/m1/s1. The molecular weight excluding hydrogens is 717 g/mol. The van der Waals surface area contributed by atoms with Gasteiger partial charge in [-0.1, -0.05) is 35.1 Å². The number of benzene rings is 1. The van der Waals surface area contributed by atoms with Crippen LogP contribution in [0.2, 0.25) is 0 Å². The van der Waals surface area contributed by atoms with Crippen LogP contribution in [0.15, 0.2) is 18.2 Å². The largest absolute Gasteiger partial charge is 0.441 e. The quantitative estimate of drug-likeness (QED) is 0.0354. The first-order chi connectivity index (χ1) is 21.6. The Balaban J connectivity index is 1.35. The average Bonchev–Trinajstić information content (AvgIpc) is 3.55. The molecule has 5 amide bonds. The average molecular weight is 762 g/mol. The van der Waals surface area contributed by atoms with Gasteiger partial charge in [-0.2, -0.15) is 11.8 Å². The van der Waals surface area contributed by atoms with Gasteiger partial charge in [0.1, 0.15) is 6.10 Å². The van der Waals surface area contributed by atoms with E-state index in [-0.39, 0.29) is 35.6 Å². The Morgan fingerprint density at radius 3 is 2.58 bits per heavy atom. The highest BCUT2D eigenvalue weighted by atomic mass is 127. The monoisotopic (exact) mass is 761 g/mol. The summed E-state index contributed by atoms with van der Waals surface area (Å²) in [5.74, 6) is 0.895. The van der Waals surface area contributed by atoms with E-state index in [1.807, 2.05) is 46.3 Å². The summed E-state index contributed by atoms with van der Waals surface area (Å²) in [6, 6.07) is 5.08. The van der Waals surface area contributed by atoms with Crippen molar-refractivity contribution >= 4 is 64.0 Å². The van der Waals surface area contributed by atoms with Gasteiger partial charge in [-0.15, -0.1) is 0 Å². The highest BCUT2D eigenvalue weighted by Gasteiger charge is 2.42. The second-order valence-corrected chi connectivity index (χ2v) is 13.3. The number of alkyl carbamates (subject to hydrolysis) is 1.